The van der Waals surface area contributed by atoms with Crippen molar-refractivity contribution in [2.24, 2.45) is 0 Å². The Morgan fingerprint density at radius 2 is 2.19 bits per heavy atom. The predicted octanol–water partition coefficient (Wildman–Crippen LogP) is 1.63. The number of rotatable bonds is 4. The van der Waals surface area contributed by atoms with E-state index in [1.165, 1.54) is 16.7 Å². The van der Waals surface area contributed by atoms with Crippen LogP contribution in [0.15, 0.2) is 24.3 Å². The van der Waals surface area contributed by atoms with Crippen molar-refractivity contribution in [2.45, 2.75) is 19.4 Å². The SMILES string of the molecule is CCC(=O)Nc1cccc(C(=O)N2CSC[C@H]2C(=O)O)c1. The van der Waals surface area contributed by atoms with Gasteiger partial charge in [0.2, 0.25) is 5.91 Å². The summed E-state index contributed by atoms with van der Waals surface area (Å²) in [7, 11) is 0. The van der Waals surface area contributed by atoms with Gasteiger partial charge in [-0.1, -0.05) is 13.0 Å². The lowest BCUT2D eigenvalue weighted by Crippen LogP contribution is -2.41. The zero-order chi connectivity index (χ0) is 15.4. The van der Waals surface area contributed by atoms with Crippen LogP contribution in [0.25, 0.3) is 0 Å². The minimum absolute atomic E-state index is 0.139. The highest BCUT2D eigenvalue weighted by Crippen LogP contribution is 2.24. The summed E-state index contributed by atoms with van der Waals surface area (Å²) in [5.74, 6) is -0.710. The van der Waals surface area contributed by atoms with Gasteiger partial charge in [-0.05, 0) is 18.2 Å². The molecule has 1 saturated heterocycles. The molecule has 1 heterocycles. The number of hydrogen-bond donors (Lipinski definition) is 2. The van der Waals surface area contributed by atoms with Crippen molar-refractivity contribution < 1.29 is 19.5 Å². The van der Waals surface area contributed by atoms with Crippen molar-refractivity contribution in [1.82, 2.24) is 4.90 Å². The van der Waals surface area contributed by atoms with Crippen LogP contribution in [0, 0.1) is 0 Å². The molecule has 0 aliphatic carbocycles. The molecular weight excluding hydrogens is 292 g/mol. The Morgan fingerprint density at radius 1 is 1.43 bits per heavy atom. The standard InChI is InChI=1S/C14H16N2O4S/c1-2-12(17)15-10-5-3-4-9(6-10)13(18)16-8-21-7-11(16)14(19)20/h3-6,11H,2,7-8H2,1H3,(H,15,17)(H,19,20)/t11-/m0/s1. The van der Waals surface area contributed by atoms with E-state index in [2.05, 4.69) is 5.32 Å². The fourth-order valence-electron chi connectivity index (χ4n) is 1.99. The topological polar surface area (TPSA) is 86.7 Å². The molecular formula is C14H16N2O4S. The van der Waals surface area contributed by atoms with Crippen LogP contribution < -0.4 is 5.32 Å². The van der Waals surface area contributed by atoms with Crippen LogP contribution in [-0.4, -0.2) is 45.5 Å². The highest BCUT2D eigenvalue weighted by Gasteiger charge is 2.35. The minimum Gasteiger partial charge on any atom is -0.480 e. The number of aliphatic carboxylic acids is 1. The largest absolute Gasteiger partial charge is 0.480 e. The fourth-order valence-corrected chi connectivity index (χ4v) is 3.14. The molecule has 7 heteroatoms. The molecule has 6 nitrogen and oxygen atoms in total. The van der Waals surface area contributed by atoms with Crippen LogP contribution in [0.5, 0.6) is 0 Å². The molecule has 0 bridgehead atoms. The maximum absolute atomic E-state index is 12.4. The molecule has 1 aromatic rings. The molecule has 1 aliphatic heterocycles. The number of nitrogens with zero attached hydrogens (tertiary/aromatic N) is 1. The number of nitrogens with one attached hydrogen (secondary N) is 1. The maximum atomic E-state index is 12.4. The molecule has 1 aromatic carbocycles. The van der Waals surface area contributed by atoms with Crippen LogP contribution in [0.4, 0.5) is 5.69 Å². The van der Waals surface area contributed by atoms with Crippen molar-refractivity contribution >= 4 is 35.2 Å². The summed E-state index contributed by atoms with van der Waals surface area (Å²) in [6.45, 7) is 1.74. The predicted molar refractivity (Wildman–Crippen MR) is 80.3 cm³/mol. The van der Waals surface area contributed by atoms with Crippen LogP contribution in [0.1, 0.15) is 23.7 Å². The fraction of sp³-hybridized carbons (Fsp3) is 0.357. The first-order chi connectivity index (χ1) is 10.0. The number of carboxylic acid groups (broad SMARTS) is 1. The van der Waals surface area contributed by atoms with Gasteiger partial charge in [-0.3, -0.25) is 9.59 Å². The van der Waals surface area contributed by atoms with E-state index in [-0.39, 0.29) is 11.8 Å². The number of thioether (sulfide) groups is 1. The molecule has 0 aromatic heterocycles. The maximum Gasteiger partial charge on any atom is 0.327 e. The number of carbonyl (C=O) groups excluding carboxylic acids is 2. The number of benzene rings is 1. The van der Waals surface area contributed by atoms with Crippen LogP contribution in [-0.2, 0) is 9.59 Å². The highest BCUT2D eigenvalue weighted by molar-refractivity contribution is 7.99. The normalized spacial score (nSPS) is 17.6. The Balaban J connectivity index is 2.17. The smallest absolute Gasteiger partial charge is 0.327 e. The molecule has 1 atom stereocenters. The number of amides is 2. The van der Waals surface area contributed by atoms with E-state index in [0.717, 1.165) is 0 Å². The Bertz CT molecular complexity index is 576. The van der Waals surface area contributed by atoms with E-state index >= 15 is 0 Å². The van der Waals surface area contributed by atoms with Crippen molar-refractivity contribution in [3.63, 3.8) is 0 Å². The Morgan fingerprint density at radius 3 is 2.86 bits per heavy atom. The van der Waals surface area contributed by atoms with E-state index < -0.39 is 12.0 Å². The highest BCUT2D eigenvalue weighted by atomic mass is 32.2. The molecule has 2 rings (SSSR count). The van der Waals surface area contributed by atoms with Crippen LogP contribution in [0.3, 0.4) is 0 Å². The zero-order valence-corrected chi connectivity index (χ0v) is 12.4. The van der Waals surface area contributed by atoms with Gasteiger partial charge in [0.1, 0.15) is 6.04 Å². The molecule has 0 radical (unpaired) electrons. The van der Waals surface area contributed by atoms with E-state index in [9.17, 15) is 14.4 Å². The molecule has 112 valence electrons. The molecule has 1 fully saturated rings. The number of anilines is 1. The van der Waals surface area contributed by atoms with Gasteiger partial charge in [0.05, 0.1) is 5.88 Å². The molecule has 2 amide bonds. The minimum atomic E-state index is -0.996. The number of carbonyl (C=O) groups is 3. The summed E-state index contributed by atoms with van der Waals surface area (Å²) in [6.07, 6.45) is 0.349. The molecule has 0 unspecified atom stereocenters. The Hall–Kier alpha value is -2.02. The van der Waals surface area contributed by atoms with Crippen molar-refractivity contribution in [1.29, 1.82) is 0 Å². The first kappa shape index (κ1) is 15.4. The lowest BCUT2D eigenvalue weighted by molar-refractivity contribution is -0.140. The van der Waals surface area contributed by atoms with E-state index in [4.69, 9.17) is 5.11 Å². The second-order valence-corrected chi connectivity index (χ2v) is 5.61. The third-order valence-electron chi connectivity index (χ3n) is 3.14. The van der Waals surface area contributed by atoms with Crippen LogP contribution >= 0.6 is 11.8 Å². The van der Waals surface area contributed by atoms with Crippen LogP contribution in [0.2, 0.25) is 0 Å². The molecule has 0 spiro atoms. The van der Waals surface area contributed by atoms with Gasteiger partial charge in [0.25, 0.3) is 5.91 Å². The van der Waals surface area contributed by atoms with Gasteiger partial charge in [-0.25, -0.2) is 4.79 Å². The first-order valence-electron chi connectivity index (χ1n) is 6.54. The molecule has 0 saturated carbocycles. The summed E-state index contributed by atoms with van der Waals surface area (Å²) in [6, 6.07) is 5.75. The summed E-state index contributed by atoms with van der Waals surface area (Å²) in [5, 5.41) is 11.8. The third-order valence-corrected chi connectivity index (χ3v) is 4.15. The van der Waals surface area contributed by atoms with Gasteiger partial charge >= 0.3 is 5.97 Å². The molecule has 1 aliphatic rings. The van der Waals surface area contributed by atoms with Crippen molar-refractivity contribution in [3.8, 4) is 0 Å². The van der Waals surface area contributed by atoms with Gasteiger partial charge in [0.15, 0.2) is 0 Å². The van der Waals surface area contributed by atoms with Crippen molar-refractivity contribution in [3.05, 3.63) is 29.8 Å². The summed E-state index contributed by atoms with van der Waals surface area (Å²) in [5.41, 5.74) is 0.907. The summed E-state index contributed by atoms with van der Waals surface area (Å²) < 4.78 is 0. The zero-order valence-electron chi connectivity index (χ0n) is 11.5. The lowest BCUT2D eigenvalue weighted by Gasteiger charge is -2.20. The third kappa shape index (κ3) is 3.55. The van der Waals surface area contributed by atoms with E-state index in [1.54, 1.807) is 31.2 Å². The van der Waals surface area contributed by atoms with Gasteiger partial charge in [-0.15, -0.1) is 11.8 Å². The Kier molecular flexibility index (Phi) is 4.85. The summed E-state index contributed by atoms with van der Waals surface area (Å²) in [4.78, 5) is 36.3. The second kappa shape index (κ2) is 6.62. The molecule has 2 N–H and O–H groups in total. The average Bonchev–Trinajstić information content (AvgIpc) is 2.96. The monoisotopic (exact) mass is 308 g/mol. The number of hydrogen-bond acceptors (Lipinski definition) is 4. The summed E-state index contributed by atoms with van der Waals surface area (Å²) >= 11 is 1.41. The quantitative estimate of drug-likeness (QED) is 0.883. The first-order valence-corrected chi connectivity index (χ1v) is 7.70. The Labute approximate surface area is 126 Å². The van der Waals surface area contributed by atoms with Gasteiger partial charge in [-0.2, -0.15) is 0 Å². The van der Waals surface area contributed by atoms with E-state index in [1.807, 2.05) is 0 Å². The van der Waals surface area contributed by atoms with Gasteiger partial charge in [0, 0.05) is 23.4 Å². The average molecular weight is 308 g/mol. The molecule has 21 heavy (non-hydrogen) atoms. The van der Waals surface area contributed by atoms with E-state index in [0.29, 0.717) is 29.3 Å². The number of carboxylic acids is 1. The second-order valence-electron chi connectivity index (χ2n) is 4.61. The lowest BCUT2D eigenvalue weighted by atomic mass is 10.1. The van der Waals surface area contributed by atoms with Crippen molar-refractivity contribution in [2.75, 3.05) is 16.9 Å². The van der Waals surface area contributed by atoms with Gasteiger partial charge < -0.3 is 15.3 Å².